The van der Waals surface area contributed by atoms with Gasteiger partial charge in [-0.15, -0.1) is 0 Å². The molecule has 2 atom stereocenters. The number of hydrogen-bond acceptors (Lipinski definition) is 6. The summed E-state index contributed by atoms with van der Waals surface area (Å²) < 4.78 is 10.7. The highest BCUT2D eigenvalue weighted by atomic mass is 16.5. The molecule has 0 bridgehead atoms. The molecular formula is C18H25N3O3. The first-order valence-corrected chi connectivity index (χ1v) is 8.48. The van der Waals surface area contributed by atoms with Crippen molar-refractivity contribution in [3.05, 3.63) is 41.5 Å². The zero-order valence-electron chi connectivity index (χ0n) is 14.5. The number of rotatable bonds is 6. The van der Waals surface area contributed by atoms with Gasteiger partial charge in [0.05, 0.1) is 0 Å². The van der Waals surface area contributed by atoms with Crippen molar-refractivity contribution in [3.63, 3.8) is 0 Å². The Kier molecular flexibility index (Phi) is 4.87. The van der Waals surface area contributed by atoms with Crippen molar-refractivity contribution < 1.29 is 14.4 Å². The Morgan fingerprint density at radius 2 is 2.12 bits per heavy atom. The first-order chi connectivity index (χ1) is 11.5. The quantitative estimate of drug-likeness (QED) is 0.877. The molecule has 1 aliphatic heterocycles. The molecular weight excluding hydrogens is 306 g/mol. The van der Waals surface area contributed by atoms with Crippen molar-refractivity contribution in [1.29, 1.82) is 0 Å². The summed E-state index contributed by atoms with van der Waals surface area (Å²) in [5, 5.41) is 14.8. The van der Waals surface area contributed by atoms with Gasteiger partial charge in [-0.1, -0.05) is 24.2 Å². The summed E-state index contributed by atoms with van der Waals surface area (Å²) in [6.07, 6.45) is 2.86. The Bertz CT molecular complexity index is 666. The maximum Gasteiger partial charge on any atom is 0.226 e. The highest BCUT2D eigenvalue weighted by molar-refractivity contribution is 5.32. The summed E-state index contributed by atoms with van der Waals surface area (Å²) >= 11 is 0. The van der Waals surface area contributed by atoms with E-state index in [0.717, 1.165) is 30.7 Å². The van der Waals surface area contributed by atoms with Crippen LogP contribution in [0.5, 0.6) is 5.75 Å². The first-order valence-electron chi connectivity index (χ1n) is 8.48. The minimum Gasteiger partial charge on any atom is -0.485 e. The Morgan fingerprint density at radius 3 is 2.71 bits per heavy atom. The summed E-state index contributed by atoms with van der Waals surface area (Å²) in [7, 11) is 2.07. The van der Waals surface area contributed by atoms with Gasteiger partial charge >= 0.3 is 0 Å². The van der Waals surface area contributed by atoms with E-state index >= 15 is 0 Å². The summed E-state index contributed by atoms with van der Waals surface area (Å²) in [6, 6.07) is 7.75. The number of nitrogens with zero attached hydrogens (tertiary/aromatic N) is 3. The average molecular weight is 331 g/mol. The van der Waals surface area contributed by atoms with E-state index in [1.165, 1.54) is 0 Å². The lowest BCUT2D eigenvalue weighted by Gasteiger charge is -2.35. The van der Waals surface area contributed by atoms with Crippen LogP contribution < -0.4 is 4.74 Å². The third-order valence-corrected chi connectivity index (χ3v) is 4.79. The molecule has 1 N–H and O–H groups in total. The van der Waals surface area contributed by atoms with Crippen LogP contribution in [0.15, 0.2) is 28.8 Å². The highest BCUT2D eigenvalue weighted by Crippen LogP contribution is 2.34. The van der Waals surface area contributed by atoms with Crippen LogP contribution in [0.3, 0.4) is 0 Å². The van der Waals surface area contributed by atoms with Crippen molar-refractivity contribution in [3.8, 4) is 5.75 Å². The van der Waals surface area contributed by atoms with Crippen molar-refractivity contribution in [2.24, 2.45) is 0 Å². The number of benzene rings is 1. The molecule has 1 aromatic carbocycles. The number of hydrogen-bond donors (Lipinski definition) is 1. The van der Waals surface area contributed by atoms with Crippen LogP contribution in [0, 0.1) is 0 Å². The SMILES string of the molecule is CCc1nc(COc2ccc(C(C)(O)[C@H]3CCCN3C)cc2)no1. The number of aliphatic hydroxyl groups is 1. The smallest absolute Gasteiger partial charge is 0.226 e. The summed E-state index contributed by atoms with van der Waals surface area (Å²) in [5.74, 6) is 1.87. The molecule has 1 unspecified atom stereocenters. The Labute approximate surface area is 142 Å². The van der Waals surface area contributed by atoms with E-state index in [9.17, 15) is 5.11 Å². The Balaban J connectivity index is 1.64. The fourth-order valence-electron chi connectivity index (χ4n) is 3.34. The van der Waals surface area contributed by atoms with E-state index in [2.05, 4.69) is 22.1 Å². The zero-order chi connectivity index (χ0) is 17.2. The molecule has 1 saturated heterocycles. The molecule has 3 rings (SSSR count). The van der Waals surface area contributed by atoms with Gasteiger partial charge in [-0.2, -0.15) is 4.98 Å². The standard InChI is InChI=1S/C18H25N3O3/c1-4-17-19-16(20-24-17)12-23-14-9-7-13(8-10-14)18(2,22)15-6-5-11-21(15)3/h7-10,15,22H,4-6,11-12H2,1-3H3/t15-,18?/m1/s1. The molecule has 0 aliphatic carbocycles. The molecule has 6 heteroatoms. The largest absolute Gasteiger partial charge is 0.485 e. The lowest BCUT2D eigenvalue weighted by Crippen LogP contribution is -2.43. The fourth-order valence-corrected chi connectivity index (χ4v) is 3.34. The number of aromatic nitrogens is 2. The van der Waals surface area contributed by atoms with E-state index in [1.54, 1.807) is 0 Å². The van der Waals surface area contributed by atoms with Gasteiger partial charge in [0, 0.05) is 12.5 Å². The molecule has 0 amide bonds. The molecule has 2 heterocycles. The average Bonchev–Trinajstić information content (AvgIpc) is 3.22. The van der Waals surface area contributed by atoms with Crippen LogP contribution in [0.4, 0.5) is 0 Å². The molecule has 0 saturated carbocycles. The van der Waals surface area contributed by atoms with Gasteiger partial charge in [0.15, 0.2) is 6.61 Å². The lowest BCUT2D eigenvalue weighted by molar-refractivity contribution is -0.0153. The van der Waals surface area contributed by atoms with E-state index in [0.29, 0.717) is 18.1 Å². The van der Waals surface area contributed by atoms with E-state index < -0.39 is 5.60 Å². The van der Waals surface area contributed by atoms with Crippen LogP contribution in [0.2, 0.25) is 0 Å². The summed E-state index contributed by atoms with van der Waals surface area (Å²) in [4.78, 5) is 6.44. The van der Waals surface area contributed by atoms with Crippen molar-refractivity contribution in [2.45, 2.75) is 51.4 Å². The highest BCUT2D eigenvalue weighted by Gasteiger charge is 2.38. The van der Waals surface area contributed by atoms with Gasteiger partial charge in [-0.25, -0.2) is 0 Å². The van der Waals surface area contributed by atoms with E-state index in [1.807, 2.05) is 38.1 Å². The van der Waals surface area contributed by atoms with Crippen LogP contribution in [-0.2, 0) is 18.6 Å². The monoisotopic (exact) mass is 331 g/mol. The fraction of sp³-hybridized carbons (Fsp3) is 0.556. The summed E-state index contributed by atoms with van der Waals surface area (Å²) in [6.45, 7) is 5.16. The third kappa shape index (κ3) is 3.44. The predicted octanol–water partition coefficient (Wildman–Crippen LogP) is 2.51. The molecule has 1 aliphatic rings. The van der Waals surface area contributed by atoms with Gasteiger partial charge in [0.25, 0.3) is 0 Å². The van der Waals surface area contributed by atoms with Gasteiger partial charge in [0.2, 0.25) is 11.7 Å². The van der Waals surface area contributed by atoms with Gasteiger partial charge in [-0.05, 0) is 51.1 Å². The molecule has 24 heavy (non-hydrogen) atoms. The topological polar surface area (TPSA) is 71.6 Å². The normalized spacial score (nSPS) is 20.9. The van der Waals surface area contributed by atoms with Crippen LogP contribution in [0.25, 0.3) is 0 Å². The Hall–Kier alpha value is -1.92. The molecule has 1 fully saturated rings. The molecule has 130 valence electrons. The molecule has 0 spiro atoms. The van der Waals surface area contributed by atoms with Crippen LogP contribution in [-0.4, -0.2) is 39.8 Å². The number of likely N-dealkylation sites (N-methyl/N-ethyl adjacent to an activating group) is 1. The van der Waals surface area contributed by atoms with E-state index in [4.69, 9.17) is 9.26 Å². The van der Waals surface area contributed by atoms with Gasteiger partial charge in [-0.3, -0.25) is 0 Å². The van der Waals surface area contributed by atoms with Gasteiger partial charge in [0.1, 0.15) is 11.4 Å². The van der Waals surface area contributed by atoms with Gasteiger partial charge < -0.3 is 19.3 Å². The molecule has 1 aromatic heterocycles. The maximum absolute atomic E-state index is 11.0. The number of ether oxygens (including phenoxy) is 1. The Morgan fingerprint density at radius 1 is 1.38 bits per heavy atom. The number of aryl methyl sites for hydroxylation is 1. The van der Waals surface area contributed by atoms with Crippen molar-refractivity contribution >= 4 is 0 Å². The summed E-state index contributed by atoms with van der Waals surface area (Å²) in [5.41, 5.74) is 0.0365. The maximum atomic E-state index is 11.0. The molecule has 6 nitrogen and oxygen atoms in total. The molecule has 0 radical (unpaired) electrons. The second-order valence-electron chi connectivity index (χ2n) is 6.56. The number of likely N-dealkylation sites (tertiary alicyclic amines) is 1. The minimum atomic E-state index is -0.868. The van der Waals surface area contributed by atoms with Crippen LogP contribution in [0.1, 0.15) is 44.0 Å². The van der Waals surface area contributed by atoms with Crippen molar-refractivity contribution in [2.75, 3.05) is 13.6 Å². The van der Waals surface area contributed by atoms with Crippen molar-refractivity contribution in [1.82, 2.24) is 15.0 Å². The third-order valence-electron chi connectivity index (χ3n) is 4.79. The second kappa shape index (κ2) is 6.91. The first kappa shape index (κ1) is 16.9. The molecule has 2 aromatic rings. The van der Waals surface area contributed by atoms with Crippen LogP contribution >= 0.6 is 0 Å². The second-order valence-corrected chi connectivity index (χ2v) is 6.56. The van der Waals surface area contributed by atoms with E-state index in [-0.39, 0.29) is 12.6 Å². The minimum absolute atomic E-state index is 0.149. The predicted molar refractivity (Wildman–Crippen MR) is 89.7 cm³/mol. The lowest BCUT2D eigenvalue weighted by atomic mass is 9.87. The zero-order valence-corrected chi connectivity index (χ0v) is 14.5.